The molecule has 30 heavy (non-hydrogen) atoms. The van der Waals surface area contributed by atoms with Crippen molar-refractivity contribution in [3.63, 3.8) is 0 Å². The number of aromatic nitrogens is 3. The summed E-state index contributed by atoms with van der Waals surface area (Å²) in [5.41, 5.74) is 4.78. The second-order valence-corrected chi connectivity index (χ2v) is 7.62. The lowest BCUT2D eigenvalue weighted by atomic mass is 10.0. The molecule has 0 aliphatic heterocycles. The fraction of sp³-hybridized carbons (Fsp3) is 0. The SMILES string of the molecule is Oc1ccc(-c2c(-c3csc(-c4ccccc4)n3)cnn2-c2ccccc2)c(O)c1. The van der Waals surface area contributed by atoms with Crippen LogP contribution in [0, 0.1) is 0 Å². The maximum Gasteiger partial charge on any atom is 0.128 e. The minimum absolute atomic E-state index is 0.00333. The third-order valence-corrected chi connectivity index (χ3v) is 5.70. The summed E-state index contributed by atoms with van der Waals surface area (Å²) in [7, 11) is 0. The average molecular weight is 411 g/mol. The van der Waals surface area contributed by atoms with E-state index >= 15 is 0 Å². The summed E-state index contributed by atoms with van der Waals surface area (Å²) in [5, 5.41) is 27.8. The van der Waals surface area contributed by atoms with E-state index in [2.05, 4.69) is 5.10 Å². The van der Waals surface area contributed by atoms with Gasteiger partial charge in [-0.05, 0) is 24.3 Å². The van der Waals surface area contributed by atoms with Crippen molar-refractivity contribution in [3.05, 3.63) is 90.4 Å². The first-order valence-electron chi connectivity index (χ1n) is 9.38. The molecule has 2 N–H and O–H groups in total. The largest absolute Gasteiger partial charge is 0.508 e. The highest BCUT2D eigenvalue weighted by Crippen LogP contribution is 2.40. The second kappa shape index (κ2) is 7.50. The van der Waals surface area contributed by atoms with Crippen molar-refractivity contribution in [1.82, 2.24) is 14.8 Å². The van der Waals surface area contributed by atoms with Gasteiger partial charge in [-0.15, -0.1) is 11.3 Å². The Morgan fingerprint density at radius 3 is 2.27 bits per heavy atom. The Bertz CT molecular complexity index is 1310. The molecule has 5 aromatic rings. The molecule has 0 atom stereocenters. The molecular formula is C24H17N3O2S. The average Bonchev–Trinajstić information content (AvgIpc) is 3.42. The van der Waals surface area contributed by atoms with E-state index in [0.717, 1.165) is 27.5 Å². The van der Waals surface area contributed by atoms with E-state index in [1.165, 1.54) is 6.07 Å². The lowest BCUT2D eigenvalue weighted by Crippen LogP contribution is -1.99. The van der Waals surface area contributed by atoms with Crippen LogP contribution in [0.25, 0.3) is 38.8 Å². The highest BCUT2D eigenvalue weighted by molar-refractivity contribution is 7.13. The molecule has 0 bridgehead atoms. The van der Waals surface area contributed by atoms with Crippen LogP contribution in [0.3, 0.4) is 0 Å². The molecule has 0 amide bonds. The number of thiazole rings is 1. The molecule has 0 unspecified atom stereocenters. The summed E-state index contributed by atoms with van der Waals surface area (Å²) >= 11 is 1.56. The number of benzene rings is 3. The van der Waals surface area contributed by atoms with Crippen LogP contribution in [0.5, 0.6) is 11.5 Å². The van der Waals surface area contributed by atoms with E-state index in [1.54, 1.807) is 34.3 Å². The van der Waals surface area contributed by atoms with Crippen LogP contribution in [0.4, 0.5) is 0 Å². The molecule has 0 fully saturated rings. The molecule has 6 heteroatoms. The fourth-order valence-corrected chi connectivity index (χ4v) is 4.22. The molecule has 5 nitrogen and oxygen atoms in total. The molecule has 2 aromatic heterocycles. The van der Waals surface area contributed by atoms with Crippen LogP contribution in [0.15, 0.2) is 90.4 Å². The van der Waals surface area contributed by atoms with Crippen molar-refractivity contribution < 1.29 is 10.2 Å². The Morgan fingerprint density at radius 1 is 0.800 bits per heavy atom. The van der Waals surface area contributed by atoms with Gasteiger partial charge in [0.1, 0.15) is 16.5 Å². The topological polar surface area (TPSA) is 71.2 Å². The van der Waals surface area contributed by atoms with Gasteiger partial charge in [0, 0.05) is 28.1 Å². The number of hydrogen-bond donors (Lipinski definition) is 2. The van der Waals surface area contributed by atoms with Gasteiger partial charge in [-0.1, -0.05) is 48.5 Å². The van der Waals surface area contributed by atoms with Crippen molar-refractivity contribution in [1.29, 1.82) is 0 Å². The lowest BCUT2D eigenvalue weighted by molar-refractivity contribution is 0.451. The first-order valence-corrected chi connectivity index (χ1v) is 10.3. The number of aromatic hydroxyl groups is 2. The molecule has 0 aliphatic rings. The number of phenolic OH excluding ortho intramolecular Hbond substituents is 2. The maximum atomic E-state index is 10.6. The Kier molecular flexibility index (Phi) is 4.53. The molecule has 0 radical (unpaired) electrons. The van der Waals surface area contributed by atoms with Crippen molar-refractivity contribution in [3.8, 4) is 50.3 Å². The molecular weight excluding hydrogens is 394 g/mol. The van der Waals surface area contributed by atoms with Gasteiger partial charge in [-0.3, -0.25) is 0 Å². The first kappa shape index (κ1) is 18.1. The summed E-state index contributed by atoms with van der Waals surface area (Å²) in [4.78, 5) is 4.83. The Hall–Kier alpha value is -3.90. The highest BCUT2D eigenvalue weighted by Gasteiger charge is 2.21. The molecule has 146 valence electrons. The van der Waals surface area contributed by atoms with Gasteiger partial charge >= 0.3 is 0 Å². The summed E-state index contributed by atoms with van der Waals surface area (Å²) in [5.74, 6) is -0.0176. The van der Waals surface area contributed by atoms with Gasteiger partial charge in [-0.25, -0.2) is 9.67 Å². The van der Waals surface area contributed by atoms with Crippen molar-refractivity contribution in [2.24, 2.45) is 0 Å². The normalized spacial score (nSPS) is 10.9. The number of phenols is 2. The monoisotopic (exact) mass is 411 g/mol. The summed E-state index contributed by atoms with van der Waals surface area (Å²) in [6.45, 7) is 0. The predicted octanol–water partition coefficient (Wildman–Crippen LogP) is 5.74. The van der Waals surface area contributed by atoms with Crippen LogP contribution in [-0.4, -0.2) is 25.0 Å². The summed E-state index contributed by atoms with van der Waals surface area (Å²) in [6.07, 6.45) is 1.76. The molecule has 5 rings (SSSR count). The third kappa shape index (κ3) is 3.23. The summed E-state index contributed by atoms with van der Waals surface area (Å²) < 4.78 is 1.78. The van der Waals surface area contributed by atoms with Gasteiger partial charge in [-0.2, -0.15) is 5.10 Å². The van der Waals surface area contributed by atoms with Gasteiger partial charge < -0.3 is 10.2 Å². The van der Waals surface area contributed by atoms with Crippen LogP contribution >= 0.6 is 11.3 Å². The molecule has 0 saturated carbocycles. The van der Waals surface area contributed by atoms with E-state index in [4.69, 9.17) is 4.98 Å². The zero-order valence-electron chi connectivity index (χ0n) is 15.8. The third-order valence-electron chi connectivity index (χ3n) is 4.81. The predicted molar refractivity (Wildman–Crippen MR) is 119 cm³/mol. The Balaban J connectivity index is 1.70. The fourth-order valence-electron chi connectivity index (χ4n) is 3.39. The Labute approximate surface area is 177 Å². The van der Waals surface area contributed by atoms with Crippen molar-refractivity contribution in [2.75, 3.05) is 0 Å². The minimum atomic E-state index is -0.0209. The Morgan fingerprint density at radius 2 is 1.53 bits per heavy atom. The second-order valence-electron chi connectivity index (χ2n) is 6.76. The number of para-hydroxylation sites is 1. The zero-order valence-corrected chi connectivity index (χ0v) is 16.6. The number of hydrogen-bond acceptors (Lipinski definition) is 5. The minimum Gasteiger partial charge on any atom is -0.508 e. The molecule has 0 aliphatic carbocycles. The van der Waals surface area contributed by atoms with Crippen molar-refractivity contribution >= 4 is 11.3 Å². The van der Waals surface area contributed by atoms with E-state index in [9.17, 15) is 10.2 Å². The van der Waals surface area contributed by atoms with Gasteiger partial charge in [0.05, 0.1) is 23.3 Å². The van der Waals surface area contributed by atoms with Crippen LogP contribution < -0.4 is 0 Å². The molecule has 3 aromatic carbocycles. The van der Waals surface area contributed by atoms with Crippen molar-refractivity contribution in [2.45, 2.75) is 0 Å². The van der Waals surface area contributed by atoms with Gasteiger partial charge in [0.2, 0.25) is 0 Å². The highest BCUT2D eigenvalue weighted by atomic mass is 32.1. The summed E-state index contributed by atoms with van der Waals surface area (Å²) in [6, 6.07) is 24.3. The van der Waals surface area contributed by atoms with E-state index in [-0.39, 0.29) is 11.5 Å². The standard InChI is InChI=1S/C24H17N3O2S/c28-18-11-12-19(22(29)13-18)23-20(14-25-27(23)17-9-5-2-6-10-17)21-15-30-24(26-21)16-7-3-1-4-8-16/h1-15,28-29H. The number of rotatable bonds is 4. The van der Waals surface area contributed by atoms with Crippen LogP contribution in [0.2, 0.25) is 0 Å². The molecule has 0 saturated heterocycles. The van der Waals surface area contributed by atoms with E-state index in [0.29, 0.717) is 11.3 Å². The smallest absolute Gasteiger partial charge is 0.128 e. The van der Waals surface area contributed by atoms with Gasteiger partial charge in [0.25, 0.3) is 0 Å². The van der Waals surface area contributed by atoms with E-state index in [1.807, 2.05) is 66.0 Å². The lowest BCUT2D eigenvalue weighted by Gasteiger charge is -2.11. The zero-order chi connectivity index (χ0) is 20.5. The quantitative estimate of drug-likeness (QED) is 0.395. The van der Waals surface area contributed by atoms with E-state index < -0.39 is 0 Å². The number of nitrogens with zero attached hydrogens (tertiary/aromatic N) is 3. The first-order chi connectivity index (χ1) is 14.7. The molecule has 2 heterocycles. The van der Waals surface area contributed by atoms with Crippen LogP contribution in [-0.2, 0) is 0 Å². The van der Waals surface area contributed by atoms with Crippen LogP contribution in [0.1, 0.15) is 0 Å². The maximum absolute atomic E-state index is 10.6. The van der Waals surface area contributed by atoms with Gasteiger partial charge in [0.15, 0.2) is 0 Å². The molecule has 0 spiro atoms.